The van der Waals surface area contributed by atoms with Gasteiger partial charge in [-0.1, -0.05) is 6.07 Å². The lowest BCUT2D eigenvalue weighted by Gasteiger charge is -2.10. The molecule has 0 fully saturated rings. The normalized spacial score (nSPS) is 10.0. The monoisotopic (exact) mass is 323 g/mol. The minimum atomic E-state index is -0.237. The van der Waals surface area contributed by atoms with Crippen LogP contribution in [-0.4, -0.2) is 39.8 Å². The molecule has 1 N–H and O–H groups in total. The Balaban J connectivity index is 2.25. The highest BCUT2D eigenvalue weighted by Gasteiger charge is 2.06. The molecule has 0 aromatic heterocycles. The van der Waals surface area contributed by atoms with Crippen LogP contribution in [-0.2, 0) is 20.7 Å². The van der Waals surface area contributed by atoms with Gasteiger partial charge < -0.3 is 19.5 Å². The number of unbranched alkanes of at least 4 members (excludes halogenated alkanes) is 1. The van der Waals surface area contributed by atoms with Gasteiger partial charge in [-0.2, -0.15) is 0 Å². The van der Waals surface area contributed by atoms with Gasteiger partial charge in [0.2, 0.25) is 5.91 Å². The average Bonchev–Trinajstić information content (AvgIpc) is 2.58. The lowest BCUT2D eigenvalue weighted by atomic mass is 10.1. The number of methoxy groups -OCH3 is 3. The van der Waals surface area contributed by atoms with Gasteiger partial charge in [0.15, 0.2) is 11.5 Å². The number of rotatable bonds is 10. The van der Waals surface area contributed by atoms with Gasteiger partial charge in [-0.25, -0.2) is 0 Å². The summed E-state index contributed by atoms with van der Waals surface area (Å²) in [6.45, 7) is 0.561. The fourth-order valence-corrected chi connectivity index (χ4v) is 2.13. The Kier molecular flexibility index (Phi) is 8.57. The Morgan fingerprint density at radius 2 is 1.70 bits per heavy atom. The van der Waals surface area contributed by atoms with E-state index in [9.17, 15) is 9.59 Å². The summed E-state index contributed by atoms with van der Waals surface area (Å²) in [5, 5.41) is 2.87. The third-order valence-corrected chi connectivity index (χ3v) is 3.45. The van der Waals surface area contributed by atoms with Crippen molar-refractivity contribution in [2.45, 2.75) is 32.1 Å². The molecular formula is C17H25NO5. The van der Waals surface area contributed by atoms with Crippen LogP contribution in [0.3, 0.4) is 0 Å². The number of carbonyl (C=O) groups excluding carboxylic acids is 2. The fourth-order valence-electron chi connectivity index (χ4n) is 2.13. The summed E-state index contributed by atoms with van der Waals surface area (Å²) in [5.41, 5.74) is 1.06. The largest absolute Gasteiger partial charge is 0.493 e. The van der Waals surface area contributed by atoms with Crippen molar-refractivity contribution in [1.82, 2.24) is 5.32 Å². The Labute approximate surface area is 137 Å². The zero-order valence-corrected chi connectivity index (χ0v) is 14.0. The van der Waals surface area contributed by atoms with Crippen LogP contribution in [0.1, 0.15) is 31.2 Å². The highest BCUT2D eigenvalue weighted by Crippen LogP contribution is 2.27. The molecule has 0 aliphatic heterocycles. The predicted octanol–water partition coefficient (Wildman–Crippen LogP) is 2.10. The zero-order chi connectivity index (χ0) is 17.1. The molecular weight excluding hydrogens is 298 g/mol. The minimum absolute atomic E-state index is 0.00431. The van der Waals surface area contributed by atoms with Gasteiger partial charge in [0, 0.05) is 19.4 Å². The van der Waals surface area contributed by atoms with Gasteiger partial charge >= 0.3 is 5.97 Å². The topological polar surface area (TPSA) is 73.9 Å². The maximum absolute atomic E-state index is 11.7. The number of benzene rings is 1. The van der Waals surface area contributed by atoms with E-state index >= 15 is 0 Å². The highest BCUT2D eigenvalue weighted by molar-refractivity contribution is 5.76. The molecule has 128 valence electrons. The first-order valence-corrected chi connectivity index (χ1v) is 7.65. The first kappa shape index (κ1) is 18.8. The predicted molar refractivity (Wildman–Crippen MR) is 86.7 cm³/mol. The summed E-state index contributed by atoms with van der Waals surface area (Å²) in [7, 11) is 4.55. The molecule has 6 nitrogen and oxygen atoms in total. The summed E-state index contributed by atoms with van der Waals surface area (Å²) in [5.74, 6) is 1.12. The molecule has 6 heteroatoms. The van der Waals surface area contributed by atoms with Crippen molar-refractivity contribution in [3.8, 4) is 11.5 Å². The summed E-state index contributed by atoms with van der Waals surface area (Å²) < 4.78 is 15.0. The molecule has 0 aliphatic carbocycles. The summed E-state index contributed by atoms with van der Waals surface area (Å²) >= 11 is 0. The molecule has 0 bridgehead atoms. The van der Waals surface area contributed by atoms with Gasteiger partial charge in [-0.3, -0.25) is 9.59 Å². The highest BCUT2D eigenvalue weighted by atomic mass is 16.5. The number of carbonyl (C=O) groups is 2. The number of hydrogen-bond donors (Lipinski definition) is 1. The van der Waals surface area contributed by atoms with Crippen LogP contribution in [0.5, 0.6) is 11.5 Å². The fraction of sp³-hybridized carbons (Fsp3) is 0.529. The van der Waals surface area contributed by atoms with E-state index < -0.39 is 0 Å². The van der Waals surface area contributed by atoms with Crippen LogP contribution in [0.25, 0.3) is 0 Å². The third kappa shape index (κ3) is 7.04. The lowest BCUT2D eigenvalue weighted by Crippen LogP contribution is -2.25. The molecule has 1 amide bonds. The quantitative estimate of drug-likeness (QED) is 0.527. The standard InChI is InChI=1S/C17H25NO5/c1-21-14-9-8-13(12-15(14)22-2)10-11-18-16(19)6-4-5-7-17(20)23-3/h8-9,12H,4-7,10-11H2,1-3H3,(H,18,19). The van der Waals surface area contributed by atoms with E-state index in [0.29, 0.717) is 50.1 Å². The summed E-state index contributed by atoms with van der Waals surface area (Å²) in [6, 6.07) is 5.70. The third-order valence-electron chi connectivity index (χ3n) is 3.45. The Morgan fingerprint density at radius 3 is 2.35 bits per heavy atom. The maximum Gasteiger partial charge on any atom is 0.305 e. The number of nitrogens with one attached hydrogen (secondary N) is 1. The number of ether oxygens (including phenoxy) is 3. The van der Waals surface area contributed by atoms with E-state index in [2.05, 4.69) is 10.1 Å². The molecule has 23 heavy (non-hydrogen) atoms. The summed E-state index contributed by atoms with van der Waals surface area (Å²) in [6.07, 6.45) is 2.83. The van der Waals surface area contributed by atoms with Crippen molar-refractivity contribution in [1.29, 1.82) is 0 Å². The van der Waals surface area contributed by atoms with Gasteiger partial charge in [0.05, 0.1) is 21.3 Å². The molecule has 1 aromatic rings. The number of esters is 1. The van der Waals surface area contributed by atoms with E-state index in [1.54, 1.807) is 14.2 Å². The van der Waals surface area contributed by atoms with Gasteiger partial charge in [0.25, 0.3) is 0 Å². The molecule has 1 rings (SSSR count). The van der Waals surface area contributed by atoms with Crippen molar-refractivity contribution in [3.05, 3.63) is 23.8 Å². The molecule has 1 aromatic carbocycles. The van der Waals surface area contributed by atoms with E-state index in [4.69, 9.17) is 9.47 Å². The Hall–Kier alpha value is -2.24. The molecule has 0 atom stereocenters. The Morgan fingerprint density at radius 1 is 1.00 bits per heavy atom. The molecule has 0 unspecified atom stereocenters. The van der Waals surface area contributed by atoms with Gasteiger partial charge in [-0.05, 0) is 37.0 Å². The van der Waals surface area contributed by atoms with Crippen molar-refractivity contribution < 1.29 is 23.8 Å². The smallest absolute Gasteiger partial charge is 0.305 e. The van der Waals surface area contributed by atoms with Gasteiger partial charge in [-0.15, -0.1) is 0 Å². The lowest BCUT2D eigenvalue weighted by molar-refractivity contribution is -0.140. The Bertz CT molecular complexity index is 516. The number of hydrogen-bond acceptors (Lipinski definition) is 5. The second-order valence-corrected chi connectivity index (χ2v) is 5.07. The summed E-state index contributed by atoms with van der Waals surface area (Å²) in [4.78, 5) is 22.6. The van der Waals surface area contributed by atoms with E-state index in [-0.39, 0.29) is 11.9 Å². The van der Waals surface area contributed by atoms with E-state index in [1.807, 2.05) is 18.2 Å². The molecule has 0 saturated heterocycles. The van der Waals surface area contributed by atoms with Crippen LogP contribution in [0.15, 0.2) is 18.2 Å². The number of amides is 1. The first-order valence-electron chi connectivity index (χ1n) is 7.65. The molecule has 0 radical (unpaired) electrons. The van der Waals surface area contributed by atoms with E-state index in [1.165, 1.54) is 7.11 Å². The van der Waals surface area contributed by atoms with E-state index in [0.717, 1.165) is 5.56 Å². The van der Waals surface area contributed by atoms with Crippen molar-refractivity contribution in [2.75, 3.05) is 27.9 Å². The average molecular weight is 323 g/mol. The second-order valence-electron chi connectivity index (χ2n) is 5.07. The zero-order valence-electron chi connectivity index (χ0n) is 14.0. The van der Waals surface area contributed by atoms with Crippen LogP contribution in [0, 0.1) is 0 Å². The minimum Gasteiger partial charge on any atom is -0.493 e. The van der Waals surface area contributed by atoms with Crippen LogP contribution < -0.4 is 14.8 Å². The van der Waals surface area contributed by atoms with Crippen LogP contribution in [0.2, 0.25) is 0 Å². The van der Waals surface area contributed by atoms with Crippen molar-refractivity contribution >= 4 is 11.9 Å². The van der Waals surface area contributed by atoms with Crippen molar-refractivity contribution in [3.63, 3.8) is 0 Å². The molecule has 0 aliphatic rings. The van der Waals surface area contributed by atoms with Gasteiger partial charge in [0.1, 0.15) is 0 Å². The van der Waals surface area contributed by atoms with Crippen molar-refractivity contribution in [2.24, 2.45) is 0 Å². The second kappa shape index (κ2) is 10.5. The van der Waals surface area contributed by atoms with Crippen LogP contribution >= 0.6 is 0 Å². The molecule has 0 spiro atoms. The SMILES string of the molecule is COC(=O)CCCCC(=O)NCCc1ccc(OC)c(OC)c1. The maximum atomic E-state index is 11.7. The van der Waals surface area contributed by atoms with Crippen LogP contribution in [0.4, 0.5) is 0 Å². The molecule has 0 heterocycles. The molecule has 0 saturated carbocycles. The first-order chi connectivity index (χ1) is 11.1.